The summed E-state index contributed by atoms with van der Waals surface area (Å²) in [6.07, 6.45) is 2.87. The fourth-order valence-corrected chi connectivity index (χ4v) is 2.75. The molecule has 1 aliphatic carbocycles. The van der Waals surface area contributed by atoms with Gasteiger partial charge in [-0.2, -0.15) is 0 Å². The number of amides is 1. The Hall–Kier alpha value is -1.35. The first-order valence-electron chi connectivity index (χ1n) is 7.21. The molecule has 0 saturated heterocycles. The topological polar surface area (TPSA) is 55.1 Å². The highest BCUT2D eigenvalue weighted by atomic mass is 16.1. The first kappa shape index (κ1) is 14.1. The van der Waals surface area contributed by atoms with Gasteiger partial charge in [-0.15, -0.1) is 0 Å². The van der Waals surface area contributed by atoms with Gasteiger partial charge in [0.2, 0.25) is 5.91 Å². The fraction of sp³-hybridized carbons (Fsp3) is 0.562. The van der Waals surface area contributed by atoms with E-state index in [1.165, 1.54) is 11.1 Å². The van der Waals surface area contributed by atoms with Gasteiger partial charge in [-0.3, -0.25) is 4.79 Å². The molecular formula is C16H24N2O. The molecule has 0 saturated carbocycles. The highest BCUT2D eigenvalue weighted by molar-refractivity contribution is 5.86. The lowest BCUT2D eigenvalue weighted by Crippen LogP contribution is -2.44. The average Bonchev–Trinajstić information content (AvgIpc) is 2.42. The molecule has 1 aromatic rings. The van der Waals surface area contributed by atoms with Crippen molar-refractivity contribution >= 4 is 5.91 Å². The largest absolute Gasteiger partial charge is 0.355 e. The number of benzene rings is 1. The molecule has 0 aliphatic heterocycles. The molecule has 0 bridgehead atoms. The highest BCUT2D eigenvalue weighted by Gasteiger charge is 2.33. The lowest BCUT2D eigenvalue weighted by atomic mass is 9.76. The van der Waals surface area contributed by atoms with Gasteiger partial charge in [-0.1, -0.05) is 38.1 Å². The third-order valence-electron chi connectivity index (χ3n) is 4.74. The van der Waals surface area contributed by atoms with E-state index in [1.54, 1.807) is 0 Å². The van der Waals surface area contributed by atoms with Gasteiger partial charge in [0.15, 0.2) is 0 Å². The van der Waals surface area contributed by atoms with Crippen molar-refractivity contribution in [3.63, 3.8) is 0 Å². The van der Waals surface area contributed by atoms with Gasteiger partial charge in [0.05, 0.1) is 5.92 Å². The van der Waals surface area contributed by atoms with Gasteiger partial charge < -0.3 is 11.1 Å². The van der Waals surface area contributed by atoms with Gasteiger partial charge in [-0.05, 0) is 42.3 Å². The third kappa shape index (κ3) is 2.66. The molecular weight excluding hydrogens is 236 g/mol. The summed E-state index contributed by atoms with van der Waals surface area (Å²) < 4.78 is 0. The Morgan fingerprint density at radius 1 is 1.37 bits per heavy atom. The van der Waals surface area contributed by atoms with Crippen LogP contribution in [0.15, 0.2) is 24.3 Å². The zero-order valence-corrected chi connectivity index (χ0v) is 11.9. The maximum atomic E-state index is 12.2. The lowest BCUT2D eigenvalue weighted by Gasteiger charge is -2.33. The summed E-state index contributed by atoms with van der Waals surface area (Å²) in [5, 5.41) is 3.10. The highest BCUT2D eigenvalue weighted by Crippen LogP contribution is 2.35. The quantitative estimate of drug-likeness (QED) is 0.824. The number of fused-ring (bicyclic) bond motifs is 1. The van der Waals surface area contributed by atoms with Crippen LogP contribution in [0.3, 0.4) is 0 Å². The van der Waals surface area contributed by atoms with Crippen molar-refractivity contribution in [1.82, 2.24) is 5.32 Å². The van der Waals surface area contributed by atoms with E-state index >= 15 is 0 Å². The molecule has 104 valence electrons. The summed E-state index contributed by atoms with van der Waals surface area (Å²) in [6.45, 7) is 5.60. The number of nitrogens with one attached hydrogen (secondary N) is 1. The molecule has 3 heteroatoms. The number of hydrogen-bond acceptors (Lipinski definition) is 2. The Morgan fingerprint density at radius 2 is 2.05 bits per heavy atom. The van der Waals surface area contributed by atoms with E-state index in [0.717, 1.165) is 19.3 Å². The van der Waals surface area contributed by atoms with E-state index < -0.39 is 0 Å². The van der Waals surface area contributed by atoms with Gasteiger partial charge in [-0.25, -0.2) is 0 Å². The monoisotopic (exact) mass is 260 g/mol. The SMILES string of the molecule is CCC(CC)(CN)CNC(=O)C1Cc2ccccc21. The van der Waals surface area contributed by atoms with E-state index in [-0.39, 0.29) is 17.2 Å². The lowest BCUT2D eigenvalue weighted by molar-refractivity contribution is -0.123. The molecule has 0 fully saturated rings. The molecule has 1 amide bonds. The third-order valence-corrected chi connectivity index (χ3v) is 4.74. The van der Waals surface area contributed by atoms with Crippen molar-refractivity contribution in [3.05, 3.63) is 35.4 Å². The average molecular weight is 260 g/mol. The number of hydrogen-bond donors (Lipinski definition) is 2. The summed E-state index contributed by atoms with van der Waals surface area (Å²) in [6, 6.07) is 8.18. The van der Waals surface area contributed by atoms with Crippen molar-refractivity contribution < 1.29 is 4.79 Å². The zero-order valence-electron chi connectivity index (χ0n) is 11.9. The Labute approximate surface area is 115 Å². The van der Waals surface area contributed by atoms with Crippen LogP contribution in [0.25, 0.3) is 0 Å². The first-order chi connectivity index (χ1) is 9.15. The molecule has 19 heavy (non-hydrogen) atoms. The van der Waals surface area contributed by atoms with Gasteiger partial charge >= 0.3 is 0 Å². The van der Waals surface area contributed by atoms with Crippen molar-refractivity contribution in [3.8, 4) is 0 Å². The maximum absolute atomic E-state index is 12.2. The number of nitrogens with two attached hydrogens (primary N) is 1. The molecule has 1 unspecified atom stereocenters. The molecule has 2 rings (SSSR count). The van der Waals surface area contributed by atoms with E-state index in [0.29, 0.717) is 13.1 Å². The van der Waals surface area contributed by atoms with E-state index in [1.807, 2.05) is 12.1 Å². The van der Waals surface area contributed by atoms with E-state index in [9.17, 15) is 4.79 Å². The number of carbonyl (C=O) groups excluding carboxylic acids is 1. The molecule has 0 heterocycles. The Bertz CT molecular complexity index is 444. The Kier molecular flexibility index (Phi) is 4.25. The van der Waals surface area contributed by atoms with Crippen molar-refractivity contribution in [2.75, 3.05) is 13.1 Å². The van der Waals surface area contributed by atoms with Crippen LogP contribution in [0.1, 0.15) is 43.7 Å². The van der Waals surface area contributed by atoms with Crippen LogP contribution in [0.5, 0.6) is 0 Å². The molecule has 0 spiro atoms. The fourth-order valence-electron chi connectivity index (χ4n) is 2.75. The van der Waals surface area contributed by atoms with Crippen LogP contribution in [-0.4, -0.2) is 19.0 Å². The molecule has 1 atom stereocenters. The van der Waals surface area contributed by atoms with Crippen molar-refractivity contribution in [2.45, 2.75) is 39.0 Å². The molecule has 0 radical (unpaired) electrons. The molecule has 0 aromatic heterocycles. The van der Waals surface area contributed by atoms with Crippen molar-refractivity contribution in [2.24, 2.45) is 11.1 Å². The predicted molar refractivity (Wildman–Crippen MR) is 78.0 cm³/mol. The molecule has 3 nitrogen and oxygen atoms in total. The summed E-state index contributed by atoms with van der Waals surface area (Å²) in [7, 11) is 0. The summed E-state index contributed by atoms with van der Waals surface area (Å²) in [4.78, 5) is 12.2. The second kappa shape index (κ2) is 5.74. The smallest absolute Gasteiger partial charge is 0.227 e. The summed E-state index contributed by atoms with van der Waals surface area (Å²) in [5.74, 6) is 0.193. The standard InChI is InChI=1S/C16H24N2O/c1-3-16(4-2,10-17)11-18-15(19)14-9-12-7-5-6-8-13(12)14/h5-8,14H,3-4,9-11,17H2,1-2H3,(H,18,19). The normalized spacial score (nSPS) is 17.5. The van der Waals surface area contributed by atoms with Crippen LogP contribution in [0, 0.1) is 5.41 Å². The summed E-state index contributed by atoms with van der Waals surface area (Å²) >= 11 is 0. The second-order valence-corrected chi connectivity index (χ2v) is 5.58. The first-order valence-corrected chi connectivity index (χ1v) is 7.21. The van der Waals surface area contributed by atoms with Gasteiger partial charge in [0.25, 0.3) is 0 Å². The predicted octanol–water partition coefficient (Wildman–Crippen LogP) is 2.21. The summed E-state index contributed by atoms with van der Waals surface area (Å²) in [5.41, 5.74) is 8.41. The van der Waals surface area contributed by atoms with Crippen molar-refractivity contribution in [1.29, 1.82) is 0 Å². The van der Waals surface area contributed by atoms with E-state index in [4.69, 9.17) is 5.73 Å². The van der Waals surface area contributed by atoms with Crippen LogP contribution < -0.4 is 11.1 Å². The van der Waals surface area contributed by atoms with Crippen LogP contribution in [-0.2, 0) is 11.2 Å². The van der Waals surface area contributed by atoms with Gasteiger partial charge in [0.1, 0.15) is 0 Å². The minimum absolute atomic E-state index is 0.0420. The maximum Gasteiger partial charge on any atom is 0.227 e. The van der Waals surface area contributed by atoms with Gasteiger partial charge in [0, 0.05) is 6.54 Å². The Morgan fingerprint density at radius 3 is 2.63 bits per heavy atom. The second-order valence-electron chi connectivity index (χ2n) is 5.58. The van der Waals surface area contributed by atoms with Crippen LogP contribution >= 0.6 is 0 Å². The molecule has 3 N–H and O–H groups in total. The van der Waals surface area contributed by atoms with Crippen LogP contribution in [0.2, 0.25) is 0 Å². The zero-order chi connectivity index (χ0) is 13.9. The number of carbonyl (C=O) groups is 1. The van der Waals surface area contributed by atoms with E-state index in [2.05, 4.69) is 31.3 Å². The van der Waals surface area contributed by atoms with Crippen LogP contribution in [0.4, 0.5) is 0 Å². The Balaban J connectivity index is 1.93. The minimum atomic E-state index is 0.0420. The molecule has 1 aromatic carbocycles. The number of rotatable bonds is 6. The molecule has 1 aliphatic rings. The minimum Gasteiger partial charge on any atom is -0.355 e.